The summed E-state index contributed by atoms with van der Waals surface area (Å²) in [5.74, 6) is 0. The monoisotopic (exact) mass is 397 g/mol. The molecule has 0 saturated heterocycles. The van der Waals surface area contributed by atoms with Crippen LogP contribution in [0.2, 0.25) is 0 Å². The van der Waals surface area contributed by atoms with Gasteiger partial charge in [0.1, 0.15) is 0 Å². The lowest BCUT2D eigenvalue weighted by Crippen LogP contribution is -2.36. The van der Waals surface area contributed by atoms with Crippen LogP contribution in [-0.4, -0.2) is 29.9 Å². The van der Waals surface area contributed by atoms with Crippen LogP contribution in [0.4, 0.5) is 13.2 Å². The van der Waals surface area contributed by atoms with E-state index in [9.17, 15) is 13.2 Å². The minimum atomic E-state index is -4.29. The van der Waals surface area contributed by atoms with Gasteiger partial charge < -0.3 is 0 Å². The highest BCUT2D eigenvalue weighted by Gasteiger charge is 2.48. The summed E-state index contributed by atoms with van der Waals surface area (Å²) in [6.45, 7) is 8.99. The van der Waals surface area contributed by atoms with E-state index in [-0.39, 0.29) is 10.3 Å². The van der Waals surface area contributed by atoms with Crippen molar-refractivity contribution in [3.05, 3.63) is 53.2 Å². The van der Waals surface area contributed by atoms with Gasteiger partial charge in [0.05, 0.1) is 11.1 Å². The highest BCUT2D eigenvalue weighted by atomic mass is 32.3. The molecule has 0 fully saturated rings. The molecule has 0 saturated carbocycles. The Bertz CT molecular complexity index is 813. The molecule has 0 atom stereocenters. The molecule has 2 rings (SSSR count). The first-order chi connectivity index (χ1) is 12.1. The Kier molecular flexibility index (Phi) is 5.52. The van der Waals surface area contributed by atoms with E-state index in [1.807, 2.05) is 12.3 Å². The van der Waals surface area contributed by atoms with Gasteiger partial charge in [-0.2, -0.15) is 13.2 Å². The van der Waals surface area contributed by atoms with Crippen LogP contribution < -0.4 is 0 Å². The maximum absolute atomic E-state index is 13.2. The molecule has 0 bridgehead atoms. The third kappa shape index (κ3) is 4.03. The van der Waals surface area contributed by atoms with Crippen molar-refractivity contribution in [3.63, 3.8) is 0 Å². The molecular formula is C22H30F3NS. The molecule has 1 nitrogen and oxygen atoms in total. The lowest BCUT2D eigenvalue weighted by atomic mass is 9.83. The Balaban J connectivity index is 2.40. The second kappa shape index (κ2) is 6.84. The molecule has 0 N–H and O–H groups in total. The zero-order valence-electron chi connectivity index (χ0n) is 17.5. The van der Waals surface area contributed by atoms with Crippen LogP contribution in [0.25, 0.3) is 11.3 Å². The fourth-order valence-corrected chi connectivity index (χ4v) is 3.77. The normalized spacial score (nSPS) is 14.3. The summed E-state index contributed by atoms with van der Waals surface area (Å²) >= 11 is 0. The predicted molar refractivity (Wildman–Crippen MR) is 112 cm³/mol. The summed E-state index contributed by atoms with van der Waals surface area (Å²) in [5, 5.41) is 0. The standard InChI is InChI=1S/C22H30F3NS/c1-15-13-19(26-14-18(15)21(4,5)27(6,7)8)16-9-11-17(12-10-16)20(2,3)22(23,24)25/h9-14H,1-8H3. The predicted octanol–water partition coefficient (Wildman–Crippen LogP) is 6.83. The van der Waals surface area contributed by atoms with Gasteiger partial charge in [-0.25, -0.2) is 10.0 Å². The average Bonchev–Trinajstić information content (AvgIpc) is 2.52. The Morgan fingerprint density at radius 2 is 1.41 bits per heavy atom. The molecule has 0 radical (unpaired) electrons. The second-order valence-corrected chi connectivity index (χ2v) is 13.6. The third-order valence-corrected chi connectivity index (χ3v) is 9.18. The summed E-state index contributed by atoms with van der Waals surface area (Å²) in [4.78, 5) is 4.62. The van der Waals surface area contributed by atoms with Crippen molar-refractivity contribution < 1.29 is 13.2 Å². The molecule has 1 aromatic heterocycles. The first-order valence-electron chi connectivity index (χ1n) is 8.92. The third-order valence-electron chi connectivity index (χ3n) is 5.90. The van der Waals surface area contributed by atoms with Gasteiger partial charge in [0.25, 0.3) is 0 Å². The van der Waals surface area contributed by atoms with E-state index in [1.54, 1.807) is 24.3 Å². The van der Waals surface area contributed by atoms with E-state index in [4.69, 9.17) is 0 Å². The summed E-state index contributed by atoms with van der Waals surface area (Å²) < 4.78 is 39.7. The van der Waals surface area contributed by atoms with E-state index in [2.05, 4.69) is 44.5 Å². The van der Waals surface area contributed by atoms with Crippen LogP contribution >= 0.6 is 10.0 Å². The summed E-state index contributed by atoms with van der Waals surface area (Å²) in [6.07, 6.45) is 4.52. The largest absolute Gasteiger partial charge is 0.397 e. The number of aromatic nitrogens is 1. The fraction of sp³-hybridized carbons (Fsp3) is 0.500. The molecule has 0 amide bonds. The zero-order chi connectivity index (χ0) is 20.8. The van der Waals surface area contributed by atoms with Crippen LogP contribution in [0.1, 0.15) is 44.4 Å². The number of rotatable bonds is 4. The van der Waals surface area contributed by atoms with E-state index >= 15 is 0 Å². The Morgan fingerprint density at radius 1 is 0.889 bits per heavy atom. The van der Waals surface area contributed by atoms with Gasteiger partial charge in [0, 0.05) is 16.5 Å². The first-order valence-corrected chi connectivity index (χ1v) is 11.8. The number of alkyl halides is 3. The zero-order valence-corrected chi connectivity index (χ0v) is 18.3. The SMILES string of the molecule is Cc1cc(-c2ccc(C(C)(C)C(F)(F)F)cc2)ncc1C(C)(C)S(C)(C)C. The van der Waals surface area contributed by atoms with Crippen LogP contribution in [0.3, 0.4) is 0 Å². The van der Waals surface area contributed by atoms with Crippen LogP contribution in [0, 0.1) is 6.92 Å². The number of hydrogen-bond acceptors (Lipinski definition) is 1. The van der Waals surface area contributed by atoms with Crippen LogP contribution in [-0.2, 0) is 10.2 Å². The highest BCUT2D eigenvalue weighted by Crippen LogP contribution is 2.56. The van der Waals surface area contributed by atoms with E-state index in [0.717, 1.165) is 16.8 Å². The van der Waals surface area contributed by atoms with E-state index in [0.29, 0.717) is 0 Å². The maximum Gasteiger partial charge on any atom is 0.397 e. The van der Waals surface area contributed by atoms with Crippen molar-refractivity contribution in [1.29, 1.82) is 0 Å². The van der Waals surface area contributed by atoms with Crippen molar-refractivity contribution in [1.82, 2.24) is 4.98 Å². The Morgan fingerprint density at radius 3 is 1.81 bits per heavy atom. The number of aryl methyl sites for hydroxylation is 1. The summed E-state index contributed by atoms with van der Waals surface area (Å²) in [7, 11) is -0.838. The molecule has 1 heterocycles. The van der Waals surface area contributed by atoms with Crippen molar-refractivity contribution in [3.8, 4) is 11.3 Å². The first kappa shape index (κ1) is 21.8. The molecule has 27 heavy (non-hydrogen) atoms. The number of pyridine rings is 1. The van der Waals surface area contributed by atoms with Gasteiger partial charge in [0.2, 0.25) is 0 Å². The molecule has 150 valence electrons. The molecule has 1 aromatic carbocycles. The molecule has 2 aromatic rings. The van der Waals surface area contributed by atoms with Gasteiger partial charge >= 0.3 is 6.18 Å². The topological polar surface area (TPSA) is 12.9 Å². The number of benzene rings is 1. The van der Waals surface area contributed by atoms with Crippen molar-refractivity contribution in [2.75, 3.05) is 18.8 Å². The smallest absolute Gasteiger partial charge is 0.256 e. The van der Waals surface area contributed by atoms with Crippen LogP contribution in [0.5, 0.6) is 0 Å². The number of halogens is 3. The Hall–Kier alpha value is -1.49. The van der Waals surface area contributed by atoms with Gasteiger partial charge in [-0.05, 0) is 76.1 Å². The minimum Gasteiger partial charge on any atom is -0.256 e. The van der Waals surface area contributed by atoms with Crippen molar-refractivity contribution >= 4 is 10.0 Å². The second-order valence-electron chi connectivity index (χ2n) is 8.93. The van der Waals surface area contributed by atoms with Gasteiger partial charge in [-0.1, -0.05) is 24.3 Å². The molecule has 0 aliphatic heterocycles. The molecule has 0 spiro atoms. The van der Waals surface area contributed by atoms with E-state index < -0.39 is 21.6 Å². The average molecular weight is 398 g/mol. The molecule has 0 aliphatic rings. The maximum atomic E-state index is 13.2. The van der Waals surface area contributed by atoms with Gasteiger partial charge in [-0.15, -0.1) is 0 Å². The highest BCUT2D eigenvalue weighted by molar-refractivity contribution is 8.32. The minimum absolute atomic E-state index is 0.0310. The van der Waals surface area contributed by atoms with Gasteiger partial charge in [0.15, 0.2) is 0 Å². The lowest BCUT2D eigenvalue weighted by molar-refractivity contribution is -0.180. The summed E-state index contributed by atoms with van der Waals surface area (Å²) in [6, 6.07) is 8.59. The van der Waals surface area contributed by atoms with Crippen molar-refractivity contribution in [2.24, 2.45) is 0 Å². The number of hydrogen-bond donors (Lipinski definition) is 0. The quantitative estimate of drug-likeness (QED) is 0.551. The molecule has 5 heteroatoms. The molecule has 0 unspecified atom stereocenters. The van der Waals surface area contributed by atoms with Crippen LogP contribution in [0.15, 0.2) is 36.5 Å². The Labute approximate surface area is 162 Å². The lowest BCUT2D eigenvalue weighted by Gasteiger charge is -2.44. The van der Waals surface area contributed by atoms with Crippen molar-refractivity contribution in [2.45, 2.75) is 51.0 Å². The van der Waals surface area contributed by atoms with E-state index in [1.165, 1.54) is 19.4 Å². The van der Waals surface area contributed by atoms with Gasteiger partial charge in [-0.3, -0.25) is 4.98 Å². The fourth-order valence-electron chi connectivity index (χ4n) is 2.90. The molecular weight excluding hydrogens is 367 g/mol. The number of nitrogens with zero attached hydrogens (tertiary/aromatic N) is 1. The summed E-state index contributed by atoms with van der Waals surface area (Å²) in [5.41, 5.74) is 2.37. The molecule has 0 aliphatic carbocycles.